The van der Waals surface area contributed by atoms with E-state index in [-0.39, 0.29) is 30.8 Å². The average molecular weight is 430 g/mol. The van der Waals surface area contributed by atoms with Crippen molar-refractivity contribution in [1.82, 2.24) is 9.80 Å². The van der Waals surface area contributed by atoms with E-state index in [4.69, 9.17) is 9.47 Å². The number of alkyl halides is 3. The van der Waals surface area contributed by atoms with Crippen molar-refractivity contribution in [3.63, 3.8) is 0 Å². The van der Waals surface area contributed by atoms with Crippen molar-refractivity contribution in [2.45, 2.75) is 56.3 Å². The van der Waals surface area contributed by atoms with Crippen molar-refractivity contribution in [2.24, 2.45) is 0 Å². The smallest absolute Gasteiger partial charge is 0.389 e. The van der Waals surface area contributed by atoms with Crippen molar-refractivity contribution >= 4 is 5.91 Å². The van der Waals surface area contributed by atoms with Crippen LogP contribution in [-0.4, -0.2) is 79.0 Å². The largest absolute Gasteiger partial charge is 0.416 e. The molecule has 1 aromatic carbocycles. The Bertz CT molecular complexity index is 711. The molecule has 3 rings (SSSR count). The van der Waals surface area contributed by atoms with Gasteiger partial charge in [-0.15, -0.1) is 0 Å². The Hall–Kier alpha value is -1.68. The molecular weight excluding hydrogens is 401 g/mol. The highest BCUT2D eigenvalue weighted by Crippen LogP contribution is 2.31. The number of amides is 1. The second kappa shape index (κ2) is 9.64. The molecule has 1 amide bonds. The van der Waals surface area contributed by atoms with Crippen LogP contribution in [0, 0.1) is 0 Å². The summed E-state index contributed by atoms with van der Waals surface area (Å²) in [4.78, 5) is 15.6. The van der Waals surface area contributed by atoms with Crippen molar-refractivity contribution in [2.75, 3.05) is 33.9 Å². The van der Waals surface area contributed by atoms with Gasteiger partial charge in [-0.3, -0.25) is 9.69 Å². The first-order valence-corrected chi connectivity index (χ1v) is 10.1. The molecular formula is C21H29F3N2O4. The van der Waals surface area contributed by atoms with E-state index in [2.05, 4.69) is 4.90 Å². The highest BCUT2D eigenvalue weighted by atomic mass is 19.4. The minimum Gasteiger partial charge on any atom is -0.389 e. The fourth-order valence-corrected chi connectivity index (χ4v) is 4.04. The van der Waals surface area contributed by atoms with Gasteiger partial charge in [-0.05, 0) is 30.5 Å². The van der Waals surface area contributed by atoms with Crippen molar-refractivity contribution < 1.29 is 32.5 Å². The SMILES string of the molecule is CN(C)C(=O)C[C@H]1CC[C@H]2[C@@H](COC[C@@H](O)CN2Cc2ccc(C(F)(F)F)cc2)O1. The molecule has 4 atom stereocenters. The third-order valence-electron chi connectivity index (χ3n) is 5.66. The highest BCUT2D eigenvalue weighted by Gasteiger charge is 2.38. The molecule has 1 aromatic rings. The quantitative estimate of drug-likeness (QED) is 0.794. The summed E-state index contributed by atoms with van der Waals surface area (Å²) in [5.74, 6) is 0.00208. The van der Waals surface area contributed by atoms with Crippen LogP contribution in [0.3, 0.4) is 0 Å². The molecule has 9 heteroatoms. The molecule has 1 N–H and O–H groups in total. The zero-order chi connectivity index (χ0) is 21.9. The van der Waals surface area contributed by atoms with Gasteiger partial charge in [0.05, 0.1) is 43.5 Å². The maximum atomic E-state index is 12.8. The van der Waals surface area contributed by atoms with Crippen LogP contribution in [0.1, 0.15) is 30.4 Å². The lowest BCUT2D eigenvalue weighted by atomic mass is 9.94. The third-order valence-corrected chi connectivity index (χ3v) is 5.66. The van der Waals surface area contributed by atoms with Gasteiger partial charge in [0.1, 0.15) is 0 Å². The van der Waals surface area contributed by atoms with E-state index in [1.54, 1.807) is 14.1 Å². The number of fused-ring (bicyclic) bond motifs is 1. The van der Waals surface area contributed by atoms with E-state index >= 15 is 0 Å². The maximum absolute atomic E-state index is 12.8. The van der Waals surface area contributed by atoms with Crippen LogP contribution in [-0.2, 0) is 27.0 Å². The molecule has 2 aliphatic rings. The molecule has 0 aromatic heterocycles. The Balaban J connectivity index is 1.70. The number of β-amino-alcohol motifs (C(OH)–C–C–N with tert-alkyl or cyclic N) is 1. The monoisotopic (exact) mass is 430 g/mol. The molecule has 6 nitrogen and oxygen atoms in total. The summed E-state index contributed by atoms with van der Waals surface area (Å²) >= 11 is 0. The van der Waals surface area contributed by atoms with E-state index in [0.29, 0.717) is 32.5 Å². The zero-order valence-corrected chi connectivity index (χ0v) is 17.3. The van der Waals surface area contributed by atoms with E-state index < -0.39 is 17.8 Å². The first-order valence-electron chi connectivity index (χ1n) is 10.1. The first-order chi connectivity index (χ1) is 14.1. The molecule has 0 aliphatic carbocycles. The number of nitrogens with zero attached hydrogens (tertiary/aromatic N) is 2. The lowest BCUT2D eigenvalue weighted by molar-refractivity contribution is -0.160. The Morgan fingerprint density at radius 3 is 2.53 bits per heavy atom. The number of rotatable bonds is 4. The molecule has 0 spiro atoms. The van der Waals surface area contributed by atoms with Gasteiger partial charge < -0.3 is 19.5 Å². The summed E-state index contributed by atoms with van der Waals surface area (Å²) in [6, 6.07) is 5.06. The van der Waals surface area contributed by atoms with Crippen LogP contribution in [0.25, 0.3) is 0 Å². The molecule has 0 radical (unpaired) electrons. The minimum atomic E-state index is -4.37. The number of aliphatic hydroxyl groups is 1. The standard InChI is InChI=1S/C21H29F3N2O4/c1-25(2)20(28)9-17-7-8-18-19(30-17)13-29-12-16(27)11-26(18)10-14-3-5-15(6-4-14)21(22,23)24/h3-6,16-19,27H,7-13H2,1-2H3/t16-,17+,18-,19+/m0/s1. The summed E-state index contributed by atoms with van der Waals surface area (Å²) in [6.07, 6.45) is -3.75. The van der Waals surface area contributed by atoms with Crippen molar-refractivity contribution in [3.05, 3.63) is 35.4 Å². The molecule has 0 saturated carbocycles. The third kappa shape index (κ3) is 5.94. The van der Waals surface area contributed by atoms with Crippen molar-refractivity contribution in [1.29, 1.82) is 0 Å². The molecule has 168 valence electrons. The van der Waals surface area contributed by atoms with E-state index in [0.717, 1.165) is 24.1 Å². The molecule has 2 heterocycles. The van der Waals surface area contributed by atoms with E-state index in [1.165, 1.54) is 17.0 Å². The van der Waals surface area contributed by atoms with Crippen LogP contribution in [0.2, 0.25) is 0 Å². The Morgan fingerprint density at radius 1 is 1.20 bits per heavy atom. The normalized spacial score (nSPS) is 28.3. The van der Waals surface area contributed by atoms with Crippen LogP contribution >= 0.6 is 0 Å². The van der Waals surface area contributed by atoms with Gasteiger partial charge in [0.15, 0.2) is 0 Å². The molecule has 0 unspecified atom stereocenters. The average Bonchev–Trinajstić information content (AvgIpc) is 2.66. The molecule has 30 heavy (non-hydrogen) atoms. The number of hydrogen-bond acceptors (Lipinski definition) is 5. The van der Waals surface area contributed by atoms with Gasteiger partial charge in [-0.1, -0.05) is 12.1 Å². The summed E-state index contributed by atoms with van der Waals surface area (Å²) in [7, 11) is 3.42. The number of aliphatic hydroxyl groups excluding tert-OH is 1. The Morgan fingerprint density at radius 2 is 1.90 bits per heavy atom. The fraction of sp³-hybridized carbons (Fsp3) is 0.667. The van der Waals surface area contributed by atoms with Gasteiger partial charge in [-0.2, -0.15) is 13.2 Å². The summed E-state index contributed by atoms with van der Waals surface area (Å²) in [6.45, 7) is 1.21. The second-order valence-electron chi connectivity index (χ2n) is 8.25. The molecule has 2 saturated heterocycles. The van der Waals surface area contributed by atoms with Gasteiger partial charge >= 0.3 is 6.18 Å². The van der Waals surface area contributed by atoms with Gasteiger partial charge in [0, 0.05) is 33.2 Å². The molecule has 2 aliphatic heterocycles. The first kappa shape index (κ1) is 23.0. The Labute approximate surface area is 174 Å². The van der Waals surface area contributed by atoms with Crippen LogP contribution < -0.4 is 0 Å². The minimum absolute atomic E-state index is 0.00208. The number of benzene rings is 1. The zero-order valence-electron chi connectivity index (χ0n) is 17.3. The van der Waals surface area contributed by atoms with Crippen LogP contribution in [0.5, 0.6) is 0 Å². The maximum Gasteiger partial charge on any atom is 0.416 e. The van der Waals surface area contributed by atoms with Crippen LogP contribution in [0.4, 0.5) is 13.2 Å². The van der Waals surface area contributed by atoms with Crippen molar-refractivity contribution in [3.8, 4) is 0 Å². The number of carbonyl (C=O) groups is 1. The molecule has 2 fully saturated rings. The number of hydrogen-bond donors (Lipinski definition) is 1. The second-order valence-corrected chi connectivity index (χ2v) is 8.25. The predicted molar refractivity (Wildman–Crippen MR) is 104 cm³/mol. The van der Waals surface area contributed by atoms with Gasteiger partial charge in [-0.25, -0.2) is 0 Å². The number of ether oxygens (including phenoxy) is 2. The predicted octanol–water partition coefficient (Wildman–Crippen LogP) is 2.29. The summed E-state index contributed by atoms with van der Waals surface area (Å²) in [5.41, 5.74) is 0.0555. The fourth-order valence-electron chi connectivity index (χ4n) is 4.04. The lowest BCUT2D eigenvalue weighted by Gasteiger charge is -2.44. The van der Waals surface area contributed by atoms with Gasteiger partial charge in [0.25, 0.3) is 0 Å². The Kier molecular flexibility index (Phi) is 7.38. The number of halogens is 3. The van der Waals surface area contributed by atoms with E-state index in [9.17, 15) is 23.1 Å². The molecule has 0 bridgehead atoms. The van der Waals surface area contributed by atoms with Gasteiger partial charge in [0.2, 0.25) is 5.91 Å². The summed E-state index contributed by atoms with van der Waals surface area (Å²) in [5, 5.41) is 10.2. The lowest BCUT2D eigenvalue weighted by Crippen LogP contribution is -2.55. The van der Waals surface area contributed by atoms with Crippen LogP contribution in [0.15, 0.2) is 24.3 Å². The highest BCUT2D eigenvalue weighted by molar-refractivity contribution is 5.76. The number of carbonyl (C=O) groups excluding carboxylic acids is 1. The van der Waals surface area contributed by atoms with E-state index in [1.807, 2.05) is 0 Å². The summed E-state index contributed by atoms with van der Waals surface area (Å²) < 4.78 is 50.2. The topological polar surface area (TPSA) is 62.2 Å².